The Balaban J connectivity index is 2.22. The van der Waals surface area contributed by atoms with Gasteiger partial charge in [-0.05, 0) is 55.1 Å². The molecule has 0 amide bonds. The molecule has 0 spiro atoms. The summed E-state index contributed by atoms with van der Waals surface area (Å²) in [5, 5.41) is 3.34. The minimum Gasteiger partial charge on any atom is -0.504 e. The third-order valence-corrected chi connectivity index (χ3v) is 3.20. The van der Waals surface area contributed by atoms with Gasteiger partial charge in [0, 0.05) is 0 Å². The van der Waals surface area contributed by atoms with E-state index in [1.165, 1.54) is 17.7 Å². The summed E-state index contributed by atoms with van der Waals surface area (Å²) >= 11 is 0. The van der Waals surface area contributed by atoms with Crippen LogP contribution in [0.2, 0.25) is 0 Å². The highest BCUT2D eigenvalue weighted by Crippen LogP contribution is 2.30. The first-order chi connectivity index (χ1) is 8.31. The van der Waals surface area contributed by atoms with E-state index in [0.29, 0.717) is 5.92 Å². The van der Waals surface area contributed by atoms with Gasteiger partial charge < -0.3 is 10.1 Å². The SMILES string of the molecule is COC=C(c1ccc(F)cc1)C1CCNCC1. The molecule has 2 rings (SSSR count). The zero-order chi connectivity index (χ0) is 12.1. The predicted octanol–water partition coefficient (Wildman–Crippen LogP) is 2.81. The van der Waals surface area contributed by atoms with E-state index < -0.39 is 0 Å². The van der Waals surface area contributed by atoms with Crippen LogP contribution in [-0.2, 0) is 4.74 Å². The number of rotatable bonds is 3. The van der Waals surface area contributed by atoms with E-state index in [9.17, 15) is 4.39 Å². The minimum absolute atomic E-state index is 0.198. The number of halogens is 1. The van der Waals surface area contributed by atoms with Gasteiger partial charge in [0.2, 0.25) is 0 Å². The summed E-state index contributed by atoms with van der Waals surface area (Å²) in [6.07, 6.45) is 4.00. The number of allylic oxidation sites excluding steroid dienone is 1. The van der Waals surface area contributed by atoms with Crippen molar-refractivity contribution >= 4 is 5.57 Å². The van der Waals surface area contributed by atoms with Crippen LogP contribution in [0.5, 0.6) is 0 Å². The van der Waals surface area contributed by atoms with Crippen LogP contribution in [0.1, 0.15) is 18.4 Å². The Labute approximate surface area is 101 Å². The lowest BCUT2D eigenvalue weighted by molar-refractivity contribution is 0.333. The molecule has 1 fully saturated rings. The zero-order valence-electron chi connectivity index (χ0n) is 10.1. The topological polar surface area (TPSA) is 21.3 Å². The first-order valence-electron chi connectivity index (χ1n) is 6.01. The van der Waals surface area contributed by atoms with Crippen molar-refractivity contribution in [2.45, 2.75) is 12.8 Å². The fourth-order valence-corrected chi connectivity index (χ4v) is 2.30. The molecule has 1 aromatic rings. The number of benzene rings is 1. The van der Waals surface area contributed by atoms with Crippen LogP contribution in [0.3, 0.4) is 0 Å². The average Bonchev–Trinajstić information content (AvgIpc) is 2.38. The largest absolute Gasteiger partial charge is 0.504 e. The molecule has 0 saturated carbocycles. The van der Waals surface area contributed by atoms with Gasteiger partial charge in [-0.15, -0.1) is 0 Å². The lowest BCUT2D eigenvalue weighted by Gasteiger charge is -2.25. The molecule has 3 heteroatoms. The van der Waals surface area contributed by atoms with Gasteiger partial charge in [0.05, 0.1) is 13.4 Å². The highest BCUT2D eigenvalue weighted by Gasteiger charge is 2.19. The van der Waals surface area contributed by atoms with E-state index in [-0.39, 0.29) is 5.82 Å². The fraction of sp³-hybridized carbons (Fsp3) is 0.429. The molecule has 1 N–H and O–H groups in total. The highest BCUT2D eigenvalue weighted by atomic mass is 19.1. The van der Waals surface area contributed by atoms with Crippen molar-refractivity contribution in [2.75, 3.05) is 20.2 Å². The smallest absolute Gasteiger partial charge is 0.123 e. The molecule has 0 radical (unpaired) electrons. The maximum absolute atomic E-state index is 12.9. The second kappa shape index (κ2) is 5.82. The molecule has 1 aliphatic heterocycles. The molecule has 0 aromatic heterocycles. The third kappa shape index (κ3) is 3.07. The maximum Gasteiger partial charge on any atom is 0.123 e. The van der Waals surface area contributed by atoms with Crippen molar-refractivity contribution < 1.29 is 9.13 Å². The van der Waals surface area contributed by atoms with Gasteiger partial charge in [0.25, 0.3) is 0 Å². The Morgan fingerprint density at radius 2 is 1.94 bits per heavy atom. The standard InChI is InChI=1S/C14H18FNO/c1-17-10-14(12-6-8-16-9-7-12)11-2-4-13(15)5-3-11/h2-5,10,12,16H,6-9H2,1H3. The number of nitrogens with one attached hydrogen (secondary N) is 1. The predicted molar refractivity (Wildman–Crippen MR) is 67.0 cm³/mol. The molecule has 0 atom stereocenters. The van der Waals surface area contributed by atoms with Crippen LogP contribution in [0.25, 0.3) is 5.57 Å². The van der Waals surface area contributed by atoms with E-state index in [4.69, 9.17) is 4.74 Å². The summed E-state index contributed by atoms with van der Waals surface area (Å²) in [4.78, 5) is 0. The van der Waals surface area contributed by atoms with Crippen LogP contribution >= 0.6 is 0 Å². The molecule has 0 unspecified atom stereocenters. The van der Waals surface area contributed by atoms with Crippen molar-refractivity contribution in [1.82, 2.24) is 5.32 Å². The number of methoxy groups -OCH3 is 1. The Kier molecular flexibility index (Phi) is 4.15. The van der Waals surface area contributed by atoms with Gasteiger partial charge in [-0.25, -0.2) is 4.39 Å². The molecule has 1 aromatic carbocycles. The highest BCUT2D eigenvalue weighted by molar-refractivity contribution is 5.66. The van der Waals surface area contributed by atoms with Crippen LogP contribution in [0.4, 0.5) is 4.39 Å². The van der Waals surface area contributed by atoms with E-state index in [0.717, 1.165) is 31.5 Å². The van der Waals surface area contributed by atoms with Crippen LogP contribution in [0.15, 0.2) is 30.5 Å². The maximum atomic E-state index is 12.9. The molecule has 0 bridgehead atoms. The Bertz CT molecular complexity index is 380. The molecule has 2 nitrogen and oxygen atoms in total. The second-order valence-corrected chi connectivity index (χ2v) is 4.34. The summed E-state index contributed by atoms with van der Waals surface area (Å²) < 4.78 is 18.1. The van der Waals surface area contributed by atoms with Crippen molar-refractivity contribution in [3.63, 3.8) is 0 Å². The van der Waals surface area contributed by atoms with Gasteiger partial charge in [-0.1, -0.05) is 12.1 Å². The first-order valence-corrected chi connectivity index (χ1v) is 6.01. The Morgan fingerprint density at radius 1 is 1.29 bits per heavy atom. The summed E-state index contributed by atoms with van der Waals surface area (Å²) in [6, 6.07) is 6.64. The summed E-state index contributed by atoms with van der Waals surface area (Å²) in [7, 11) is 1.66. The van der Waals surface area contributed by atoms with Crippen LogP contribution in [0, 0.1) is 11.7 Å². The van der Waals surface area contributed by atoms with Crippen molar-refractivity contribution in [3.8, 4) is 0 Å². The van der Waals surface area contributed by atoms with Gasteiger partial charge in [0.15, 0.2) is 0 Å². The summed E-state index contributed by atoms with van der Waals surface area (Å²) in [5.74, 6) is 0.303. The lowest BCUT2D eigenvalue weighted by Crippen LogP contribution is -2.28. The lowest BCUT2D eigenvalue weighted by atomic mass is 9.86. The molecular formula is C14H18FNO. The van der Waals surface area contributed by atoms with E-state index in [2.05, 4.69) is 5.32 Å². The average molecular weight is 235 g/mol. The molecular weight excluding hydrogens is 217 g/mol. The number of piperidine rings is 1. The van der Waals surface area contributed by atoms with Crippen molar-refractivity contribution in [1.29, 1.82) is 0 Å². The van der Waals surface area contributed by atoms with Gasteiger partial charge >= 0.3 is 0 Å². The molecule has 1 aliphatic rings. The van der Waals surface area contributed by atoms with E-state index in [1.807, 2.05) is 12.1 Å². The second-order valence-electron chi connectivity index (χ2n) is 4.34. The minimum atomic E-state index is -0.198. The molecule has 0 aliphatic carbocycles. The third-order valence-electron chi connectivity index (χ3n) is 3.20. The quantitative estimate of drug-likeness (QED) is 0.813. The van der Waals surface area contributed by atoms with E-state index in [1.54, 1.807) is 13.4 Å². The molecule has 1 saturated heterocycles. The zero-order valence-corrected chi connectivity index (χ0v) is 10.1. The molecule has 92 valence electrons. The number of ether oxygens (including phenoxy) is 1. The monoisotopic (exact) mass is 235 g/mol. The normalized spacial score (nSPS) is 18.1. The Morgan fingerprint density at radius 3 is 2.53 bits per heavy atom. The van der Waals surface area contributed by atoms with Crippen molar-refractivity contribution in [2.24, 2.45) is 5.92 Å². The first kappa shape index (κ1) is 12.1. The Hall–Kier alpha value is -1.35. The van der Waals surface area contributed by atoms with E-state index >= 15 is 0 Å². The van der Waals surface area contributed by atoms with Crippen LogP contribution in [-0.4, -0.2) is 20.2 Å². The van der Waals surface area contributed by atoms with Gasteiger partial charge in [-0.2, -0.15) is 0 Å². The number of hydrogen-bond acceptors (Lipinski definition) is 2. The fourth-order valence-electron chi connectivity index (χ4n) is 2.30. The van der Waals surface area contributed by atoms with Crippen molar-refractivity contribution in [3.05, 3.63) is 41.9 Å². The number of hydrogen-bond donors (Lipinski definition) is 1. The summed E-state index contributed by atoms with van der Waals surface area (Å²) in [6.45, 7) is 2.07. The summed E-state index contributed by atoms with van der Waals surface area (Å²) in [5.41, 5.74) is 2.23. The van der Waals surface area contributed by atoms with Gasteiger partial charge in [-0.3, -0.25) is 0 Å². The molecule has 1 heterocycles. The van der Waals surface area contributed by atoms with Crippen LogP contribution < -0.4 is 5.32 Å². The van der Waals surface area contributed by atoms with Gasteiger partial charge in [0.1, 0.15) is 5.82 Å². The molecule has 17 heavy (non-hydrogen) atoms.